The molecule has 1 heterocycles. The molecule has 1 aromatic rings. The summed E-state index contributed by atoms with van der Waals surface area (Å²) in [4.78, 5) is 6.45. The van der Waals surface area contributed by atoms with E-state index in [4.69, 9.17) is 16.2 Å². The average Bonchev–Trinajstić information content (AvgIpc) is 2.51. The van der Waals surface area contributed by atoms with Crippen molar-refractivity contribution in [3.63, 3.8) is 0 Å². The zero-order valence-electron chi connectivity index (χ0n) is 13.6. The number of aryl methyl sites for hydroxylation is 1. The Morgan fingerprint density at radius 1 is 1.32 bits per heavy atom. The molecule has 0 saturated heterocycles. The molecule has 1 aliphatic rings. The van der Waals surface area contributed by atoms with Crippen molar-refractivity contribution in [3.05, 3.63) is 23.8 Å². The molecule has 0 fully saturated rings. The van der Waals surface area contributed by atoms with Crippen molar-refractivity contribution in [1.29, 1.82) is 0 Å². The van der Waals surface area contributed by atoms with Gasteiger partial charge in [0.25, 0.3) is 0 Å². The third-order valence-electron chi connectivity index (χ3n) is 3.87. The van der Waals surface area contributed by atoms with Crippen molar-refractivity contribution in [2.75, 3.05) is 31.1 Å². The zero-order valence-corrected chi connectivity index (χ0v) is 13.6. The number of hydrogen-bond acceptors (Lipinski definition) is 3. The van der Waals surface area contributed by atoms with Crippen LogP contribution in [0, 0.1) is 0 Å². The Morgan fingerprint density at radius 2 is 2.18 bits per heavy atom. The van der Waals surface area contributed by atoms with Crippen LogP contribution in [0.1, 0.15) is 38.2 Å². The Hall–Kier alpha value is -1.91. The predicted molar refractivity (Wildman–Crippen MR) is 92.7 cm³/mol. The summed E-state index contributed by atoms with van der Waals surface area (Å²) >= 11 is 0. The van der Waals surface area contributed by atoms with E-state index in [2.05, 4.69) is 35.0 Å². The van der Waals surface area contributed by atoms with Crippen molar-refractivity contribution in [2.24, 2.45) is 16.5 Å². The van der Waals surface area contributed by atoms with Gasteiger partial charge < -0.3 is 21.1 Å². The van der Waals surface area contributed by atoms with Gasteiger partial charge in [0, 0.05) is 25.3 Å². The number of nitrogens with zero attached hydrogens (tertiary/aromatic N) is 2. The van der Waals surface area contributed by atoms with Gasteiger partial charge in [-0.1, -0.05) is 6.92 Å². The highest BCUT2D eigenvalue weighted by Gasteiger charge is 2.16. The lowest BCUT2D eigenvalue weighted by molar-refractivity contribution is 0.307. The van der Waals surface area contributed by atoms with Crippen molar-refractivity contribution >= 4 is 11.6 Å². The molecule has 5 nitrogen and oxygen atoms in total. The third-order valence-corrected chi connectivity index (χ3v) is 3.87. The molecule has 0 spiro atoms. The molecule has 0 saturated carbocycles. The Morgan fingerprint density at radius 3 is 2.95 bits per heavy atom. The summed E-state index contributed by atoms with van der Waals surface area (Å²) in [5.41, 5.74) is 13.4. The van der Waals surface area contributed by atoms with Gasteiger partial charge in [0.05, 0.1) is 6.61 Å². The summed E-state index contributed by atoms with van der Waals surface area (Å²) < 4.78 is 5.84. The maximum Gasteiger partial charge on any atom is 0.185 e. The van der Waals surface area contributed by atoms with Crippen molar-refractivity contribution < 1.29 is 4.74 Å². The SMILES string of the molecule is CCCN1CCCc2cc(OCCCCN=C(N)N)ccc21. The number of anilines is 1. The first-order chi connectivity index (χ1) is 10.7. The number of nitrogens with two attached hydrogens (primary N) is 2. The molecule has 1 aromatic carbocycles. The van der Waals surface area contributed by atoms with Gasteiger partial charge in [0.1, 0.15) is 5.75 Å². The van der Waals surface area contributed by atoms with E-state index in [1.165, 1.54) is 30.6 Å². The molecule has 0 amide bonds. The highest BCUT2D eigenvalue weighted by Crippen LogP contribution is 2.30. The van der Waals surface area contributed by atoms with Crippen LogP contribution in [0.25, 0.3) is 0 Å². The fourth-order valence-electron chi connectivity index (χ4n) is 2.86. The number of rotatable bonds is 8. The third kappa shape index (κ3) is 4.83. The Kier molecular flexibility index (Phi) is 6.37. The van der Waals surface area contributed by atoms with Crippen molar-refractivity contribution in [3.8, 4) is 5.75 Å². The van der Waals surface area contributed by atoms with E-state index in [-0.39, 0.29) is 5.96 Å². The Bertz CT molecular complexity index is 497. The van der Waals surface area contributed by atoms with Crippen LogP contribution in [-0.4, -0.2) is 32.2 Å². The molecule has 0 aliphatic carbocycles. The number of fused-ring (bicyclic) bond motifs is 1. The minimum absolute atomic E-state index is 0.159. The second-order valence-corrected chi connectivity index (χ2v) is 5.74. The van der Waals surface area contributed by atoms with Gasteiger partial charge in [-0.25, -0.2) is 0 Å². The lowest BCUT2D eigenvalue weighted by atomic mass is 10.0. The van der Waals surface area contributed by atoms with Crippen molar-refractivity contribution in [1.82, 2.24) is 0 Å². The highest BCUT2D eigenvalue weighted by atomic mass is 16.5. The van der Waals surface area contributed by atoms with Gasteiger partial charge in [-0.2, -0.15) is 0 Å². The van der Waals surface area contributed by atoms with E-state index in [0.29, 0.717) is 13.2 Å². The maximum absolute atomic E-state index is 5.84. The summed E-state index contributed by atoms with van der Waals surface area (Å²) in [6, 6.07) is 6.49. The van der Waals surface area contributed by atoms with Crippen LogP contribution in [0.15, 0.2) is 23.2 Å². The highest BCUT2D eigenvalue weighted by molar-refractivity contribution is 5.75. The largest absolute Gasteiger partial charge is 0.494 e. The van der Waals surface area contributed by atoms with Gasteiger partial charge >= 0.3 is 0 Å². The first-order valence-electron chi connectivity index (χ1n) is 8.26. The number of unbranched alkanes of at least 4 members (excludes halogenated alkanes) is 1. The molecule has 122 valence electrons. The van der Waals surface area contributed by atoms with Crippen molar-refractivity contribution in [2.45, 2.75) is 39.0 Å². The number of benzene rings is 1. The summed E-state index contributed by atoms with van der Waals surface area (Å²) in [6.07, 6.45) is 5.46. The molecule has 0 bridgehead atoms. The molecular formula is C17H28N4O. The molecule has 2 rings (SSSR count). The normalized spacial score (nSPS) is 13.6. The van der Waals surface area contributed by atoms with Gasteiger partial charge in [0.2, 0.25) is 0 Å². The van der Waals surface area contributed by atoms with Gasteiger partial charge in [-0.3, -0.25) is 4.99 Å². The van der Waals surface area contributed by atoms with Gasteiger partial charge in [0.15, 0.2) is 5.96 Å². The molecule has 0 radical (unpaired) electrons. The van der Waals surface area contributed by atoms with Crippen LogP contribution in [0.2, 0.25) is 0 Å². The van der Waals surface area contributed by atoms with E-state index < -0.39 is 0 Å². The van der Waals surface area contributed by atoms with Crippen LogP contribution < -0.4 is 21.1 Å². The second kappa shape index (κ2) is 8.51. The lowest BCUT2D eigenvalue weighted by Gasteiger charge is -2.31. The van der Waals surface area contributed by atoms with E-state index in [9.17, 15) is 0 Å². The van der Waals surface area contributed by atoms with E-state index in [1.807, 2.05) is 0 Å². The molecular weight excluding hydrogens is 276 g/mol. The predicted octanol–water partition coefficient (Wildman–Crippen LogP) is 2.28. The summed E-state index contributed by atoms with van der Waals surface area (Å²) in [6.45, 7) is 5.91. The van der Waals surface area contributed by atoms with Crippen LogP contribution >= 0.6 is 0 Å². The number of guanidine groups is 1. The number of hydrogen-bond donors (Lipinski definition) is 2. The molecule has 4 N–H and O–H groups in total. The van der Waals surface area contributed by atoms with Gasteiger partial charge in [-0.05, 0) is 55.9 Å². The molecule has 0 unspecified atom stereocenters. The zero-order chi connectivity index (χ0) is 15.8. The quantitative estimate of drug-likeness (QED) is 0.439. The smallest absolute Gasteiger partial charge is 0.185 e. The molecule has 22 heavy (non-hydrogen) atoms. The van der Waals surface area contributed by atoms with E-state index in [0.717, 1.165) is 31.6 Å². The minimum atomic E-state index is 0.159. The number of ether oxygens (including phenoxy) is 1. The minimum Gasteiger partial charge on any atom is -0.494 e. The van der Waals surface area contributed by atoms with Crippen LogP contribution in [0.3, 0.4) is 0 Å². The fourth-order valence-corrected chi connectivity index (χ4v) is 2.86. The van der Waals surface area contributed by atoms with E-state index in [1.54, 1.807) is 0 Å². The van der Waals surface area contributed by atoms with E-state index >= 15 is 0 Å². The number of aliphatic imine (C=N–C) groups is 1. The lowest BCUT2D eigenvalue weighted by Crippen LogP contribution is -2.29. The summed E-state index contributed by atoms with van der Waals surface area (Å²) in [7, 11) is 0. The fraction of sp³-hybridized carbons (Fsp3) is 0.588. The molecule has 0 aromatic heterocycles. The molecule has 5 heteroatoms. The monoisotopic (exact) mass is 304 g/mol. The summed E-state index contributed by atoms with van der Waals surface area (Å²) in [5.74, 6) is 1.13. The summed E-state index contributed by atoms with van der Waals surface area (Å²) in [5, 5.41) is 0. The molecule has 1 aliphatic heterocycles. The second-order valence-electron chi connectivity index (χ2n) is 5.74. The first-order valence-corrected chi connectivity index (χ1v) is 8.26. The first kappa shape index (κ1) is 16.5. The average molecular weight is 304 g/mol. The Labute approximate surface area is 133 Å². The standard InChI is InChI=1S/C17H28N4O/c1-2-10-21-11-5-6-14-13-15(7-8-16(14)21)22-12-4-3-9-20-17(18)19/h7-8,13H,2-6,9-12H2,1H3,(H4,18,19,20). The molecule has 0 atom stereocenters. The maximum atomic E-state index is 5.84. The topological polar surface area (TPSA) is 76.9 Å². The Balaban J connectivity index is 1.82. The van der Waals surface area contributed by atoms with Crippen LogP contribution in [-0.2, 0) is 6.42 Å². The van der Waals surface area contributed by atoms with Crippen LogP contribution in [0.4, 0.5) is 5.69 Å². The van der Waals surface area contributed by atoms with Crippen LogP contribution in [0.5, 0.6) is 5.75 Å². The van der Waals surface area contributed by atoms with Gasteiger partial charge in [-0.15, -0.1) is 0 Å².